The highest BCUT2D eigenvalue weighted by Gasteiger charge is 2.12. The van der Waals surface area contributed by atoms with Gasteiger partial charge >= 0.3 is 0 Å². The summed E-state index contributed by atoms with van der Waals surface area (Å²) in [4.78, 5) is 34.2. The Hall–Kier alpha value is -4.58. The summed E-state index contributed by atoms with van der Waals surface area (Å²) in [5, 5.41) is 5.74. The molecule has 0 saturated heterocycles. The lowest BCUT2D eigenvalue weighted by atomic mass is 10.0. The zero-order chi connectivity index (χ0) is 30.6. The fraction of sp³-hybridized carbons (Fsp3) is 0.147. The van der Waals surface area contributed by atoms with Crippen LogP contribution < -0.4 is 21.1 Å². The number of benzene rings is 4. The molecule has 0 radical (unpaired) electrons. The second-order valence-corrected chi connectivity index (χ2v) is 8.71. The third-order valence-corrected chi connectivity index (χ3v) is 5.79. The summed E-state index contributed by atoms with van der Waals surface area (Å²) in [6.45, 7) is 3.52. The third kappa shape index (κ3) is 11.9. The Labute approximate surface area is 250 Å². The summed E-state index contributed by atoms with van der Waals surface area (Å²) < 4.78 is 5.11. The number of nitrogens with two attached hydrogens (primary N) is 1. The summed E-state index contributed by atoms with van der Waals surface area (Å²) in [6, 6.07) is 34.4. The minimum Gasteiger partial charge on any atom is -0.497 e. The van der Waals surface area contributed by atoms with Gasteiger partial charge in [0.05, 0.1) is 7.11 Å². The molecule has 4 aromatic carbocycles. The standard InChI is InChI=1S/C23H20N2O3.C10H13NO.CH5P/c1-28-20-9-5-8-19(15-20)23(27)25-21(22(24)26)14-16-10-12-18(13-11-16)17-6-3-2-4-7-17;12-8-4-7-11-9-10-5-2-1-3-6-10;1-2/h2-15H,1H3,(H2,24,26)(H,25,27);1-3,5-6,8,11H,4,7,9H2;2H2,1H3/b21-14+;;. The lowest BCUT2D eigenvalue weighted by Crippen LogP contribution is -2.31. The van der Waals surface area contributed by atoms with Gasteiger partial charge in [-0.3, -0.25) is 9.59 Å². The van der Waals surface area contributed by atoms with Crippen molar-refractivity contribution in [3.63, 3.8) is 0 Å². The highest BCUT2D eigenvalue weighted by Crippen LogP contribution is 2.20. The summed E-state index contributed by atoms with van der Waals surface area (Å²) in [5.74, 6) is -0.609. The number of hydrogen-bond acceptors (Lipinski definition) is 5. The Morgan fingerprint density at radius 2 is 1.45 bits per heavy atom. The Morgan fingerprint density at radius 1 is 0.833 bits per heavy atom. The van der Waals surface area contributed by atoms with E-state index >= 15 is 0 Å². The number of methoxy groups -OCH3 is 1. The second-order valence-electron chi connectivity index (χ2n) is 8.71. The van der Waals surface area contributed by atoms with E-state index < -0.39 is 11.8 Å². The van der Waals surface area contributed by atoms with Gasteiger partial charge in [-0.1, -0.05) is 97.7 Å². The predicted octanol–water partition coefficient (Wildman–Crippen LogP) is 5.47. The number of carbonyl (C=O) groups excluding carboxylic acids is 3. The minimum absolute atomic E-state index is 0.0141. The van der Waals surface area contributed by atoms with Gasteiger partial charge in [0.15, 0.2) is 0 Å². The quantitative estimate of drug-likeness (QED) is 0.0938. The van der Waals surface area contributed by atoms with Crippen LogP contribution in [-0.4, -0.2) is 38.4 Å². The van der Waals surface area contributed by atoms with E-state index in [9.17, 15) is 14.4 Å². The molecule has 0 spiro atoms. The largest absolute Gasteiger partial charge is 0.497 e. The molecule has 0 aromatic heterocycles. The lowest BCUT2D eigenvalue weighted by Gasteiger charge is -2.08. The van der Waals surface area contributed by atoms with Crippen molar-refractivity contribution in [2.24, 2.45) is 5.73 Å². The molecule has 4 N–H and O–H groups in total. The number of amides is 2. The summed E-state index contributed by atoms with van der Waals surface area (Å²) in [7, 11) is 3.94. The van der Waals surface area contributed by atoms with Gasteiger partial charge in [-0.05, 0) is 46.5 Å². The topological polar surface area (TPSA) is 111 Å². The maximum atomic E-state index is 12.4. The molecule has 0 heterocycles. The molecular formula is C34H38N3O4P. The zero-order valence-corrected chi connectivity index (χ0v) is 25.1. The fourth-order valence-corrected chi connectivity index (χ4v) is 3.69. The SMILES string of the molecule is COc1cccc(C(=O)N/C(=C/c2ccc(-c3ccccc3)cc2)C(N)=O)c1.CP.O=CCCNCc1ccccc1. The van der Waals surface area contributed by atoms with E-state index in [1.807, 2.05) is 79.5 Å². The molecule has 7 nitrogen and oxygen atoms in total. The van der Waals surface area contributed by atoms with Crippen molar-refractivity contribution in [2.75, 3.05) is 20.3 Å². The van der Waals surface area contributed by atoms with Crippen LogP contribution in [-0.2, 0) is 16.1 Å². The van der Waals surface area contributed by atoms with E-state index in [-0.39, 0.29) is 5.70 Å². The van der Waals surface area contributed by atoms with Crippen molar-refractivity contribution in [3.05, 3.63) is 132 Å². The molecule has 0 aliphatic heterocycles. The molecular weight excluding hydrogens is 545 g/mol. The lowest BCUT2D eigenvalue weighted by molar-refractivity contribution is -0.114. The summed E-state index contributed by atoms with van der Waals surface area (Å²) in [5.41, 5.74) is 9.98. The molecule has 42 heavy (non-hydrogen) atoms. The molecule has 0 bridgehead atoms. The number of carbonyl (C=O) groups is 3. The van der Waals surface area contributed by atoms with E-state index in [0.717, 1.165) is 36.1 Å². The molecule has 2 amide bonds. The minimum atomic E-state index is -0.719. The molecule has 218 valence electrons. The van der Waals surface area contributed by atoms with Crippen LogP contribution in [0.15, 0.2) is 115 Å². The monoisotopic (exact) mass is 583 g/mol. The third-order valence-electron chi connectivity index (χ3n) is 5.79. The Bertz CT molecular complexity index is 1410. The van der Waals surface area contributed by atoms with Crippen molar-refractivity contribution >= 4 is 33.4 Å². The Kier molecular flexibility index (Phi) is 15.6. The highest BCUT2D eigenvalue weighted by atomic mass is 31.0. The van der Waals surface area contributed by atoms with Gasteiger partial charge < -0.3 is 25.9 Å². The van der Waals surface area contributed by atoms with Gasteiger partial charge in [0.1, 0.15) is 17.7 Å². The maximum absolute atomic E-state index is 12.4. The van der Waals surface area contributed by atoms with Crippen LogP contribution in [0.1, 0.15) is 27.9 Å². The molecule has 1 atom stereocenters. The molecule has 4 rings (SSSR count). The van der Waals surface area contributed by atoms with Crippen LogP contribution in [0.4, 0.5) is 0 Å². The second kappa shape index (κ2) is 19.5. The first-order valence-electron chi connectivity index (χ1n) is 13.4. The molecule has 0 aliphatic rings. The molecule has 0 aliphatic carbocycles. The number of rotatable bonds is 11. The van der Waals surface area contributed by atoms with Crippen molar-refractivity contribution in [3.8, 4) is 16.9 Å². The average molecular weight is 584 g/mol. The molecule has 8 heteroatoms. The van der Waals surface area contributed by atoms with Crippen LogP contribution in [0.5, 0.6) is 5.75 Å². The summed E-state index contributed by atoms with van der Waals surface area (Å²) >= 11 is 0. The Morgan fingerprint density at radius 3 is 2.05 bits per heavy atom. The fourth-order valence-electron chi connectivity index (χ4n) is 3.69. The van der Waals surface area contributed by atoms with E-state index in [1.54, 1.807) is 30.3 Å². The predicted molar refractivity (Wildman–Crippen MR) is 174 cm³/mol. The van der Waals surface area contributed by atoms with E-state index in [4.69, 9.17) is 10.5 Å². The van der Waals surface area contributed by atoms with Gasteiger partial charge in [-0.25, -0.2) is 0 Å². The maximum Gasteiger partial charge on any atom is 0.265 e. The highest BCUT2D eigenvalue weighted by molar-refractivity contribution is 7.15. The average Bonchev–Trinajstić information content (AvgIpc) is 3.05. The number of ether oxygens (including phenoxy) is 1. The van der Waals surface area contributed by atoms with Crippen molar-refractivity contribution in [1.29, 1.82) is 0 Å². The van der Waals surface area contributed by atoms with Crippen molar-refractivity contribution in [1.82, 2.24) is 10.6 Å². The van der Waals surface area contributed by atoms with E-state index in [0.29, 0.717) is 17.7 Å². The number of primary amides is 1. The first kappa shape index (κ1) is 33.6. The summed E-state index contributed by atoms with van der Waals surface area (Å²) in [6.07, 6.45) is 3.07. The van der Waals surface area contributed by atoms with Crippen LogP contribution in [0, 0.1) is 0 Å². The van der Waals surface area contributed by atoms with Crippen LogP contribution in [0.25, 0.3) is 17.2 Å². The van der Waals surface area contributed by atoms with Gasteiger partial charge in [0.2, 0.25) is 0 Å². The molecule has 0 fully saturated rings. The van der Waals surface area contributed by atoms with Crippen LogP contribution >= 0.6 is 9.24 Å². The molecule has 4 aromatic rings. The first-order chi connectivity index (χ1) is 20.5. The number of aldehydes is 1. The van der Waals surface area contributed by atoms with Gasteiger partial charge in [0.25, 0.3) is 11.8 Å². The zero-order valence-electron chi connectivity index (χ0n) is 24.0. The van der Waals surface area contributed by atoms with Crippen LogP contribution in [0.2, 0.25) is 0 Å². The Balaban J connectivity index is 0.000000368. The van der Waals surface area contributed by atoms with E-state index in [1.165, 1.54) is 12.7 Å². The van der Waals surface area contributed by atoms with Gasteiger partial charge in [-0.2, -0.15) is 0 Å². The van der Waals surface area contributed by atoms with Crippen molar-refractivity contribution < 1.29 is 19.1 Å². The van der Waals surface area contributed by atoms with Crippen molar-refractivity contribution in [2.45, 2.75) is 13.0 Å². The number of hydrogen-bond donors (Lipinski definition) is 3. The number of nitrogens with one attached hydrogen (secondary N) is 2. The first-order valence-corrected chi connectivity index (χ1v) is 14.5. The molecule has 0 saturated carbocycles. The smallest absolute Gasteiger partial charge is 0.265 e. The van der Waals surface area contributed by atoms with Crippen LogP contribution in [0.3, 0.4) is 0 Å². The molecule has 1 unspecified atom stereocenters. The van der Waals surface area contributed by atoms with Gasteiger partial charge in [0, 0.05) is 25.1 Å². The van der Waals surface area contributed by atoms with E-state index in [2.05, 4.69) is 32.0 Å². The van der Waals surface area contributed by atoms with Gasteiger partial charge in [-0.15, -0.1) is 9.24 Å². The normalized spacial score (nSPS) is 10.2.